The SMILES string of the molecule is CCCC(C)(CBr)CCC1CO1. The number of ether oxygens (including phenoxy) is 1. The summed E-state index contributed by atoms with van der Waals surface area (Å²) >= 11 is 3.60. The van der Waals surface area contributed by atoms with Crippen molar-refractivity contribution in [2.45, 2.75) is 45.6 Å². The molecule has 0 aromatic heterocycles. The average Bonchev–Trinajstić information content (AvgIpc) is 2.85. The molecule has 12 heavy (non-hydrogen) atoms. The molecule has 1 aliphatic heterocycles. The molecule has 1 nitrogen and oxygen atoms in total. The summed E-state index contributed by atoms with van der Waals surface area (Å²) in [5.74, 6) is 0. The molecule has 72 valence electrons. The maximum absolute atomic E-state index is 5.21. The Morgan fingerprint density at radius 1 is 1.50 bits per heavy atom. The largest absolute Gasteiger partial charge is 0.373 e. The molecule has 0 radical (unpaired) electrons. The molecule has 0 aromatic carbocycles. The molecule has 0 spiro atoms. The van der Waals surface area contributed by atoms with Crippen LogP contribution in [0.4, 0.5) is 0 Å². The van der Waals surface area contributed by atoms with Crippen LogP contribution in [0, 0.1) is 5.41 Å². The van der Waals surface area contributed by atoms with Crippen LogP contribution in [0.2, 0.25) is 0 Å². The van der Waals surface area contributed by atoms with Crippen molar-refractivity contribution in [1.82, 2.24) is 0 Å². The highest BCUT2D eigenvalue weighted by Gasteiger charge is 2.28. The molecule has 0 bridgehead atoms. The van der Waals surface area contributed by atoms with Crippen molar-refractivity contribution >= 4 is 15.9 Å². The molecule has 0 aromatic rings. The molecule has 1 rings (SSSR count). The lowest BCUT2D eigenvalue weighted by Crippen LogP contribution is -2.18. The number of rotatable bonds is 6. The summed E-state index contributed by atoms with van der Waals surface area (Å²) in [7, 11) is 0. The normalized spacial score (nSPS) is 26.8. The van der Waals surface area contributed by atoms with Gasteiger partial charge in [-0.1, -0.05) is 36.2 Å². The first-order valence-corrected chi connectivity index (χ1v) is 6.00. The highest BCUT2D eigenvalue weighted by molar-refractivity contribution is 9.09. The molecular formula is C10H19BrO. The molecule has 1 aliphatic rings. The second-order valence-corrected chi connectivity index (χ2v) is 4.75. The lowest BCUT2D eigenvalue weighted by atomic mass is 9.83. The summed E-state index contributed by atoms with van der Waals surface area (Å²) in [6.07, 6.45) is 5.76. The van der Waals surface area contributed by atoms with Gasteiger partial charge in [0.1, 0.15) is 0 Å². The maximum atomic E-state index is 5.21. The Balaban J connectivity index is 2.20. The van der Waals surface area contributed by atoms with Gasteiger partial charge in [-0.2, -0.15) is 0 Å². The molecule has 0 saturated carbocycles. The van der Waals surface area contributed by atoms with Crippen molar-refractivity contribution in [3.63, 3.8) is 0 Å². The molecule has 2 atom stereocenters. The fraction of sp³-hybridized carbons (Fsp3) is 1.00. The number of alkyl halides is 1. The second kappa shape index (κ2) is 4.61. The molecule has 1 fully saturated rings. The predicted molar refractivity (Wildman–Crippen MR) is 55.8 cm³/mol. The molecule has 2 unspecified atom stereocenters. The molecule has 0 aliphatic carbocycles. The summed E-state index contributed by atoms with van der Waals surface area (Å²) in [4.78, 5) is 0. The lowest BCUT2D eigenvalue weighted by molar-refractivity contribution is 0.282. The van der Waals surface area contributed by atoms with E-state index in [0.717, 1.165) is 11.9 Å². The quantitative estimate of drug-likeness (QED) is 0.508. The van der Waals surface area contributed by atoms with E-state index in [0.29, 0.717) is 11.5 Å². The topological polar surface area (TPSA) is 12.5 Å². The Morgan fingerprint density at radius 3 is 2.58 bits per heavy atom. The monoisotopic (exact) mass is 234 g/mol. The first-order valence-electron chi connectivity index (χ1n) is 4.88. The van der Waals surface area contributed by atoms with Crippen molar-refractivity contribution in [1.29, 1.82) is 0 Å². The van der Waals surface area contributed by atoms with Gasteiger partial charge in [-0.05, 0) is 24.7 Å². The molecule has 1 heterocycles. The Labute approximate surface area is 84.0 Å². The van der Waals surface area contributed by atoms with E-state index in [4.69, 9.17) is 4.74 Å². The third-order valence-corrected chi connectivity index (χ3v) is 4.00. The van der Waals surface area contributed by atoms with E-state index in [2.05, 4.69) is 29.8 Å². The fourth-order valence-corrected chi connectivity index (χ4v) is 2.17. The zero-order valence-corrected chi connectivity index (χ0v) is 9.69. The fourth-order valence-electron chi connectivity index (χ4n) is 1.61. The first-order chi connectivity index (χ1) is 5.70. The minimum absolute atomic E-state index is 0.501. The third-order valence-electron chi connectivity index (χ3n) is 2.65. The Morgan fingerprint density at radius 2 is 2.17 bits per heavy atom. The average molecular weight is 235 g/mol. The van der Waals surface area contributed by atoms with Crippen LogP contribution in [0.1, 0.15) is 39.5 Å². The minimum atomic E-state index is 0.501. The number of halogens is 1. The van der Waals surface area contributed by atoms with E-state index < -0.39 is 0 Å². The molecule has 0 amide bonds. The Bertz CT molecular complexity index is 134. The molecule has 2 heteroatoms. The number of hydrogen-bond donors (Lipinski definition) is 0. The van der Waals surface area contributed by atoms with E-state index in [1.54, 1.807) is 0 Å². The van der Waals surface area contributed by atoms with Gasteiger partial charge < -0.3 is 4.74 Å². The van der Waals surface area contributed by atoms with Gasteiger partial charge in [0.05, 0.1) is 12.7 Å². The van der Waals surface area contributed by atoms with Gasteiger partial charge in [-0.25, -0.2) is 0 Å². The van der Waals surface area contributed by atoms with Gasteiger partial charge in [-0.3, -0.25) is 0 Å². The zero-order valence-electron chi connectivity index (χ0n) is 8.11. The van der Waals surface area contributed by atoms with Crippen LogP contribution in [0.5, 0.6) is 0 Å². The van der Waals surface area contributed by atoms with Crippen LogP contribution in [0.25, 0.3) is 0 Å². The molecule has 0 N–H and O–H groups in total. The number of hydrogen-bond acceptors (Lipinski definition) is 1. The maximum Gasteiger partial charge on any atom is 0.0810 e. The van der Waals surface area contributed by atoms with Crippen molar-refractivity contribution < 1.29 is 4.74 Å². The van der Waals surface area contributed by atoms with E-state index in [1.807, 2.05) is 0 Å². The van der Waals surface area contributed by atoms with Gasteiger partial charge in [0.15, 0.2) is 0 Å². The van der Waals surface area contributed by atoms with Gasteiger partial charge in [0.2, 0.25) is 0 Å². The second-order valence-electron chi connectivity index (χ2n) is 4.19. The number of epoxide rings is 1. The van der Waals surface area contributed by atoms with E-state index in [9.17, 15) is 0 Å². The van der Waals surface area contributed by atoms with Crippen LogP contribution in [-0.2, 0) is 4.74 Å². The molecular weight excluding hydrogens is 216 g/mol. The summed E-state index contributed by atoms with van der Waals surface area (Å²) in [5, 5.41) is 1.13. The van der Waals surface area contributed by atoms with Crippen LogP contribution < -0.4 is 0 Å². The first kappa shape index (κ1) is 10.5. The summed E-state index contributed by atoms with van der Waals surface area (Å²) < 4.78 is 5.21. The van der Waals surface area contributed by atoms with Gasteiger partial charge in [-0.15, -0.1) is 0 Å². The van der Waals surface area contributed by atoms with Crippen LogP contribution in [0.3, 0.4) is 0 Å². The molecule has 1 saturated heterocycles. The third kappa shape index (κ3) is 3.44. The Kier molecular flexibility index (Phi) is 4.04. The van der Waals surface area contributed by atoms with Crippen molar-refractivity contribution in [2.24, 2.45) is 5.41 Å². The van der Waals surface area contributed by atoms with E-state index >= 15 is 0 Å². The summed E-state index contributed by atoms with van der Waals surface area (Å²) in [6, 6.07) is 0. The van der Waals surface area contributed by atoms with Crippen LogP contribution in [0.15, 0.2) is 0 Å². The predicted octanol–water partition coefficient (Wildman–Crippen LogP) is 3.37. The summed E-state index contributed by atoms with van der Waals surface area (Å²) in [5.41, 5.74) is 0.501. The summed E-state index contributed by atoms with van der Waals surface area (Å²) in [6.45, 7) is 5.63. The van der Waals surface area contributed by atoms with E-state index in [-0.39, 0.29) is 0 Å². The Hall–Kier alpha value is 0.440. The smallest absolute Gasteiger partial charge is 0.0810 e. The zero-order chi connectivity index (χ0) is 9.03. The van der Waals surface area contributed by atoms with Crippen molar-refractivity contribution in [3.05, 3.63) is 0 Å². The standard InChI is InChI=1S/C10H19BrO/c1-3-5-10(2,8-11)6-4-9-7-12-9/h9H,3-8H2,1-2H3. The van der Waals surface area contributed by atoms with Gasteiger partial charge in [0.25, 0.3) is 0 Å². The van der Waals surface area contributed by atoms with E-state index in [1.165, 1.54) is 25.7 Å². The minimum Gasteiger partial charge on any atom is -0.373 e. The highest BCUT2D eigenvalue weighted by Crippen LogP contribution is 2.33. The highest BCUT2D eigenvalue weighted by atomic mass is 79.9. The van der Waals surface area contributed by atoms with Crippen LogP contribution in [-0.4, -0.2) is 18.0 Å². The lowest BCUT2D eigenvalue weighted by Gasteiger charge is -2.26. The van der Waals surface area contributed by atoms with Crippen molar-refractivity contribution in [2.75, 3.05) is 11.9 Å². The van der Waals surface area contributed by atoms with Crippen molar-refractivity contribution in [3.8, 4) is 0 Å². The van der Waals surface area contributed by atoms with Gasteiger partial charge >= 0.3 is 0 Å². The van der Waals surface area contributed by atoms with Gasteiger partial charge in [0, 0.05) is 5.33 Å². The van der Waals surface area contributed by atoms with Crippen LogP contribution >= 0.6 is 15.9 Å².